The summed E-state index contributed by atoms with van der Waals surface area (Å²) >= 11 is 1.20. The summed E-state index contributed by atoms with van der Waals surface area (Å²) in [5, 5.41) is 4.57. The molecule has 0 bridgehead atoms. The summed E-state index contributed by atoms with van der Waals surface area (Å²) in [5.74, 6) is -0.0746. The minimum atomic E-state index is -3.62. The molecule has 0 aliphatic rings. The molecule has 2 aromatic rings. The second kappa shape index (κ2) is 6.68. The highest BCUT2D eigenvalue weighted by Crippen LogP contribution is 2.20. The standard InChI is InChI=1S/C13H15N3O3S2/c1-14-12(17)8-7-10-9-20-13(15-10)16-21(18,19)11-5-3-2-4-6-11/h2-6,9H,7-8H2,1H3,(H,14,17)(H,15,16). The van der Waals surface area contributed by atoms with Crippen molar-refractivity contribution < 1.29 is 13.2 Å². The van der Waals surface area contributed by atoms with Crippen LogP contribution in [0.1, 0.15) is 12.1 Å². The molecule has 112 valence electrons. The van der Waals surface area contributed by atoms with Gasteiger partial charge in [-0.2, -0.15) is 0 Å². The van der Waals surface area contributed by atoms with Gasteiger partial charge in [0.2, 0.25) is 5.91 Å². The Hall–Kier alpha value is -1.93. The molecule has 0 saturated heterocycles. The second-order valence-electron chi connectivity index (χ2n) is 4.24. The van der Waals surface area contributed by atoms with E-state index in [1.54, 1.807) is 30.6 Å². The molecule has 0 aliphatic carbocycles. The van der Waals surface area contributed by atoms with Gasteiger partial charge in [-0.3, -0.25) is 9.52 Å². The number of hydrogen-bond acceptors (Lipinski definition) is 5. The van der Waals surface area contributed by atoms with Crippen LogP contribution in [0, 0.1) is 0 Å². The van der Waals surface area contributed by atoms with E-state index in [4.69, 9.17) is 0 Å². The third-order valence-corrected chi connectivity index (χ3v) is 5.00. The van der Waals surface area contributed by atoms with E-state index in [1.165, 1.54) is 23.5 Å². The van der Waals surface area contributed by atoms with Crippen molar-refractivity contribution in [2.75, 3.05) is 11.8 Å². The number of sulfonamides is 1. The third kappa shape index (κ3) is 4.27. The van der Waals surface area contributed by atoms with Gasteiger partial charge < -0.3 is 5.32 Å². The molecule has 1 aromatic heterocycles. The molecule has 0 aliphatic heterocycles. The molecule has 1 heterocycles. The number of carbonyl (C=O) groups excluding carboxylic acids is 1. The molecule has 0 unspecified atom stereocenters. The second-order valence-corrected chi connectivity index (χ2v) is 6.78. The Balaban J connectivity index is 2.04. The van der Waals surface area contributed by atoms with Crippen LogP contribution in [0.4, 0.5) is 5.13 Å². The number of anilines is 1. The van der Waals surface area contributed by atoms with Crippen molar-refractivity contribution in [3.63, 3.8) is 0 Å². The Labute approximate surface area is 127 Å². The Bertz CT molecular complexity index is 711. The number of nitrogens with one attached hydrogen (secondary N) is 2. The van der Waals surface area contributed by atoms with E-state index in [0.717, 1.165) is 0 Å². The number of aromatic nitrogens is 1. The third-order valence-electron chi connectivity index (χ3n) is 2.71. The molecule has 21 heavy (non-hydrogen) atoms. The SMILES string of the molecule is CNC(=O)CCc1csc(NS(=O)(=O)c2ccccc2)n1. The quantitative estimate of drug-likeness (QED) is 0.845. The Morgan fingerprint density at radius 1 is 1.29 bits per heavy atom. The van der Waals surface area contributed by atoms with Gasteiger partial charge in [0, 0.05) is 18.8 Å². The summed E-state index contributed by atoms with van der Waals surface area (Å²) in [5.41, 5.74) is 0.689. The maximum atomic E-state index is 12.1. The molecule has 2 rings (SSSR count). The van der Waals surface area contributed by atoms with E-state index in [-0.39, 0.29) is 10.8 Å². The summed E-state index contributed by atoms with van der Waals surface area (Å²) < 4.78 is 26.7. The van der Waals surface area contributed by atoms with E-state index in [1.807, 2.05) is 0 Å². The molecule has 0 spiro atoms. The van der Waals surface area contributed by atoms with Crippen molar-refractivity contribution >= 4 is 32.4 Å². The lowest BCUT2D eigenvalue weighted by molar-refractivity contribution is -0.120. The fourth-order valence-corrected chi connectivity index (χ4v) is 3.63. The first-order valence-electron chi connectivity index (χ1n) is 6.24. The maximum Gasteiger partial charge on any atom is 0.263 e. The number of carbonyl (C=O) groups is 1. The summed E-state index contributed by atoms with van der Waals surface area (Å²) in [4.78, 5) is 15.5. The highest BCUT2D eigenvalue weighted by Gasteiger charge is 2.15. The van der Waals surface area contributed by atoms with Crippen molar-refractivity contribution in [2.45, 2.75) is 17.7 Å². The fraction of sp³-hybridized carbons (Fsp3) is 0.231. The maximum absolute atomic E-state index is 12.1. The first-order chi connectivity index (χ1) is 10.0. The van der Waals surface area contributed by atoms with Gasteiger partial charge in [-0.05, 0) is 18.6 Å². The lowest BCUT2D eigenvalue weighted by Gasteiger charge is -2.04. The zero-order valence-corrected chi connectivity index (χ0v) is 13.0. The van der Waals surface area contributed by atoms with E-state index < -0.39 is 10.0 Å². The average Bonchev–Trinajstić information content (AvgIpc) is 2.92. The lowest BCUT2D eigenvalue weighted by atomic mass is 10.2. The summed E-state index contributed by atoms with van der Waals surface area (Å²) in [6, 6.07) is 8.10. The minimum absolute atomic E-state index is 0.0746. The summed E-state index contributed by atoms with van der Waals surface area (Å²) in [6.07, 6.45) is 0.800. The smallest absolute Gasteiger partial charge is 0.263 e. The molecule has 0 saturated carbocycles. The molecule has 0 atom stereocenters. The summed E-state index contributed by atoms with van der Waals surface area (Å²) in [7, 11) is -2.05. The number of amides is 1. The van der Waals surface area contributed by atoms with Gasteiger partial charge in [0.15, 0.2) is 5.13 Å². The van der Waals surface area contributed by atoms with Gasteiger partial charge in [0.05, 0.1) is 10.6 Å². The molecule has 0 radical (unpaired) electrons. The number of nitrogens with zero attached hydrogens (tertiary/aromatic N) is 1. The van der Waals surface area contributed by atoms with Crippen LogP contribution in [0.25, 0.3) is 0 Å². The predicted molar refractivity (Wildman–Crippen MR) is 81.8 cm³/mol. The summed E-state index contributed by atoms with van der Waals surface area (Å²) in [6.45, 7) is 0. The Morgan fingerprint density at radius 3 is 2.67 bits per heavy atom. The molecule has 2 N–H and O–H groups in total. The number of thiazole rings is 1. The van der Waals surface area contributed by atoms with Gasteiger partial charge in [0.25, 0.3) is 10.0 Å². The van der Waals surface area contributed by atoms with Crippen LogP contribution in [-0.2, 0) is 21.2 Å². The Kier molecular flexibility index (Phi) is 4.92. The predicted octanol–water partition coefficient (Wildman–Crippen LogP) is 1.62. The van der Waals surface area contributed by atoms with E-state index in [2.05, 4.69) is 15.0 Å². The molecule has 1 aromatic carbocycles. The van der Waals surface area contributed by atoms with Gasteiger partial charge >= 0.3 is 0 Å². The highest BCUT2D eigenvalue weighted by atomic mass is 32.2. The zero-order chi connectivity index (χ0) is 15.3. The molecular weight excluding hydrogens is 310 g/mol. The van der Waals surface area contributed by atoms with Crippen molar-refractivity contribution in [1.82, 2.24) is 10.3 Å². The van der Waals surface area contributed by atoms with Crippen LogP contribution < -0.4 is 10.0 Å². The van der Waals surface area contributed by atoms with E-state index in [9.17, 15) is 13.2 Å². The molecule has 0 fully saturated rings. The number of benzene rings is 1. The molecule has 6 nitrogen and oxygen atoms in total. The van der Waals surface area contributed by atoms with Crippen molar-refractivity contribution in [3.05, 3.63) is 41.4 Å². The van der Waals surface area contributed by atoms with E-state index >= 15 is 0 Å². The molecular formula is C13H15N3O3S2. The van der Waals surface area contributed by atoms with Crippen LogP contribution in [0.3, 0.4) is 0 Å². The lowest BCUT2D eigenvalue weighted by Crippen LogP contribution is -2.18. The monoisotopic (exact) mass is 325 g/mol. The van der Waals surface area contributed by atoms with Gasteiger partial charge in [0.1, 0.15) is 0 Å². The first-order valence-corrected chi connectivity index (χ1v) is 8.60. The van der Waals surface area contributed by atoms with E-state index in [0.29, 0.717) is 23.7 Å². The van der Waals surface area contributed by atoms with Crippen molar-refractivity contribution in [1.29, 1.82) is 0 Å². The zero-order valence-electron chi connectivity index (χ0n) is 11.4. The average molecular weight is 325 g/mol. The van der Waals surface area contributed by atoms with Gasteiger partial charge in [-0.1, -0.05) is 18.2 Å². The Morgan fingerprint density at radius 2 is 2.00 bits per heavy atom. The fourth-order valence-electron chi connectivity index (χ4n) is 1.61. The van der Waals surface area contributed by atoms with Crippen molar-refractivity contribution in [3.8, 4) is 0 Å². The van der Waals surface area contributed by atoms with Crippen LogP contribution in [0.15, 0.2) is 40.6 Å². The van der Waals surface area contributed by atoms with Crippen LogP contribution in [0.5, 0.6) is 0 Å². The van der Waals surface area contributed by atoms with Crippen LogP contribution in [-0.4, -0.2) is 26.4 Å². The van der Waals surface area contributed by atoms with Gasteiger partial charge in [-0.15, -0.1) is 11.3 Å². The highest BCUT2D eigenvalue weighted by molar-refractivity contribution is 7.93. The number of rotatable bonds is 6. The largest absolute Gasteiger partial charge is 0.359 e. The minimum Gasteiger partial charge on any atom is -0.359 e. The van der Waals surface area contributed by atoms with Crippen molar-refractivity contribution in [2.24, 2.45) is 0 Å². The molecule has 8 heteroatoms. The number of hydrogen-bond donors (Lipinski definition) is 2. The van der Waals surface area contributed by atoms with Crippen LogP contribution >= 0.6 is 11.3 Å². The molecule has 1 amide bonds. The number of aryl methyl sites for hydroxylation is 1. The topological polar surface area (TPSA) is 88.2 Å². The normalized spacial score (nSPS) is 11.1. The first kappa shape index (κ1) is 15.5. The van der Waals surface area contributed by atoms with Gasteiger partial charge in [-0.25, -0.2) is 13.4 Å². The van der Waals surface area contributed by atoms with Crippen LogP contribution in [0.2, 0.25) is 0 Å².